The van der Waals surface area contributed by atoms with Gasteiger partial charge < -0.3 is 15.2 Å². The third-order valence-electron chi connectivity index (χ3n) is 2.43. The molecule has 0 amide bonds. The molecule has 0 saturated heterocycles. The van der Waals surface area contributed by atoms with Crippen molar-refractivity contribution < 1.29 is 9.84 Å². The summed E-state index contributed by atoms with van der Waals surface area (Å²) in [5, 5.41) is 12.9. The molecule has 0 aliphatic carbocycles. The van der Waals surface area contributed by atoms with Gasteiger partial charge in [-0.2, -0.15) is 0 Å². The number of aliphatic hydroxyl groups is 1. The maximum absolute atomic E-state index is 9.66. The van der Waals surface area contributed by atoms with Crippen molar-refractivity contribution in [3.8, 4) is 0 Å². The lowest BCUT2D eigenvalue weighted by molar-refractivity contribution is 0.0263. The lowest BCUT2D eigenvalue weighted by Gasteiger charge is -2.13. The summed E-state index contributed by atoms with van der Waals surface area (Å²) >= 11 is 0. The molecule has 0 saturated carbocycles. The lowest BCUT2D eigenvalue weighted by Crippen LogP contribution is -2.32. The summed E-state index contributed by atoms with van der Waals surface area (Å²) in [5.41, 5.74) is 1.07. The molecule has 1 heterocycles. The molecule has 0 aliphatic rings. The van der Waals surface area contributed by atoms with Gasteiger partial charge in [-0.05, 0) is 18.1 Å². The van der Waals surface area contributed by atoms with Crippen molar-refractivity contribution in [1.29, 1.82) is 0 Å². The zero-order valence-corrected chi connectivity index (χ0v) is 11.3. The van der Waals surface area contributed by atoms with Crippen molar-refractivity contribution >= 4 is 0 Å². The number of ether oxygens (including phenoxy) is 1. The van der Waals surface area contributed by atoms with E-state index in [0.717, 1.165) is 18.7 Å². The van der Waals surface area contributed by atoms with E-state index < -0.39 is 6.10 Å². The first-order chi connectivity index (χ1) is 8.68. The smallest absolute Gasteiger partial charge is 0.0897 e. The van der Waals surface area contributed by atoms with Gasteiger partial charge in [0.1, 0.15) is 0 Å². The van der Waals surface area contributed by atoms with Crippen molar-refractivity contribution in [3.63, 3.8) is 0 Å². The minimum Gasteiger partial charge on any atom is -0.389 e. The number of rotatable bonds is 9. The summed E-state index contributed by atoms with van der Waals surface area (Å²) < 4.78 is 5.37. The molecule has 1 atom stereocenters. The number of hydrogen-bond acceptors (Lipinski definition) is 4. The van der Waals surface area contributed by atoms with Gasteiger partial charge in [0.05, 0.1) is 12.7 Å². The van der Waals surface area contributed by atoms with Gasteiger partial charge in [0.25, 0.3) is 0 Å². The standard InChI is InChI=1S/C14H24N2O2/c1-12(2)10-18-11-14(17)9-15-8-6-13-5-3-4-7-16-13/h3-5,7,12,14-15,17H,6,8-11H2,1-2H3. The van der Waals surface area contributed by atoms with E-state index >= 15 is 0 Å². The van der Waals surface area contributed by atoms with E-state index in [0.29, 0.717) is 25.7 Å². The van der Waals surface area contributed by atoms with Crippen LogP contribution in [0.3, 0.4) is 0 Å². The molecule has 18 heavy (non-hydrogen) atoms. The molecule has 0 fully saturated rings. The molecule has 0 aromatic carbocycles. The normalized spacial score (nSPS) is 12.9. The first kappa shape index (κ1) is 15.1. The number of pyridine rings is 1. The zero-order valence-electron chi connectivity index (χ0n) is 11.3. The Morgan fingerprint density at radius 2 is 2.17 bits per heavy atom. The maximum atomic E-state index is 9.66. The average Bonchev–Trinajstić information content (AvgIpc) is 2.35. The highest BCUT2D eigenvalue weighted by atomic mass is 16.5. The summed E-state index contributed by atoms with van der Waals surface area (Å²) in [6.45, 7) is 6.66. The third-order valence-corrected chi connectivity index (χ3v) is 2.43. The number of aliphatic hydroxyl groups excluding tert-OH is 1. The van der Waals surface area contributed by atoms with Crippen molar-refractivity contribution in [2.75, 3.05) is 26.3 Å². The fourth-order valence-corrected chi connectivity index (χ4v) is 1.53. The van der Waals surface area contributed by atoms with Crippen molar-refractivity contribution in [2.45, 2.75) is 26.4 Å². The fraction of sp³-hybridized carbons (Fsp3) is 0.643. The van der Waals surface area contributed by atoms with Gasteiger partial charge in [0.2, 0.25) is 0 Å². The van der Waals surface area contributed by atoms with Crippen molar-refractivity contribution in [1.82, 2.24) is 10.3 Å². The Morgan fingerprint density at radius 3 is 2.83 bits per heavy atom. The molecule has 1 unspecified atom stereocenters. The first-order valence-corrected chi connectivity index (χ1v) is 6.55. The predicted molar refractivity (Wildman–Crippen MR) is 72.5 cm³/mol. The summed E-state index contributed by atoms with van der Waals surface area (Å²) in [6, 6.07) is 5.90. The van der Waals surface area contributed by atoms with Crippen LogP contribution in [-0.4, -0.2) is 42.5 Å². The molecule has 4 nitrogen and oxygen atoms in total. The Bertz CT molecular complexity index is 304. The topological polar surface area (TPSA) is 54.4 Å². The van der Waals surface area contributed by atoms with Crippen molar-refractivity contribution in [3.05, 3.63) is 30.1 Å². The van der Waals surface area contributed by atoms with Crippen LogP contribution >= 0.6 is 0 Å². The summed E-state index contributed by atoms with van der Waals surface area (Å²) in [5.74, 6) is 0.509. The van der Waals surface area contributed by atoms with E-state index in [2.05, 4.69) is 24.1 Å². The monoisotopic (exact) mass is 252 g/mol. The van der Waals surface area contributed by atoms with E-state index in [1.165, 1.54) is 0 Å². The molecule has 0 radical (unpaired) electrons. The van der Waals surface area contributed by atoms with Gasteiger partial charge in [0.15, 0.2) is 0 Å². The van der Waals surface area contributed by atoms with Crippen LogP contribution in [0.5, 0.6) is 0 Å². The quantitative estimate of drug-likeness (QED) is 0.649. The van der Waals surface area contributed by atoms with Gasteiger partial charge in [-0.15, -0.1) is 0 Å². The van der Waals surface area contributed by atoms with Crippen LogP contribution in [0, 0.1) is 5.92 Å². The molecule has 0 aliphatic heterocycles. The molecular weight excluding hydrogens is 228 g/mol. The molecule has 102 valence electrons. The van der Waals surface area contributed by atoms with Gasteiger partial charge in [-0.1, -0.05) is 19.9 Å². The number of hydrogen-bond donors (Lipinski definition) is 2. The number of nitrogens with one attached hydrogen (secondary N) is 1. The molecule has 1 aromatic rings. The predicted octanol–water partition coefficient (Wildman–Crippen LogP) is 1.25. The van der Waals surface area contributed by atoms with Crippen LogP contribution in [0.2, 0.25) is 0 Å². The van der Waals surface area contributed by atoms with Gasteiger partial charge >= 0.3 is 0 Å². The second kappa shape index (κ2) is 9.03. The Morgan fingerprint density at radius 1 is 1.33 bits per heavy atom. The van der Waals surface area contributed by atoms with Crippen molar-refractivity contribution in [2.24, 2.45) is 5.92 Å². The molecule has 2 N–H and O–H groups in total. The maximum Gasteiger partial charge on any atom is 0.0897 e. The van der Waals surface area contributed by atoms with Crippen LogP contribution in [-0.2, 0) is 11.2 Å². The fourth-order valence-electron chi connectivity index (χ4n) is 1.53. The van der Waals surface area contributed by atoms with Crippen LogP contribution in [0.15, 0.2) is 24.4 Å². The van der Waals surface area contributed by atoms with E-state index in [1.54, 1.807) is 6.20 Å². The highest BCUT2D eigenvalue weighted by molar-refractivity contribution is 5.03. The SMILES string of the molecule is CC(C)COCC(O)CNCCc1ccccn1. The molecule has 4 heteroatoms. The highest BCUT2D eigenvalue weighted by Crippen LogP contribution is 1.95. The van der Waals surface area contributed by atoms with E-state index in [4.69, 9.17) is 4.74 Å². The Labute approximate surface area is 109 Å². The Hall–Kier alpha value is -0.970. The molecule has 1 rings (SSSR count). The summed E-state index contributed by atoms with van der Waals surface area (Å²) in [4.78, 5) is 4.24. The van der Waals surface area contributed by atoms with E-state index in [9.17, 15) is 5.11 Å². The minimum atomic E-state index is -0.438. The molecule has 1 aromatic heterocycles. The first-order valence-electron chi connectivity index (χ1n) is 6.55. The summed E-state index contributed by atoms with van der Waals surface area (Å²) in [7, 11) is 0. The second-order valence-electron chi connectivity index (χ2n) is 4.86. The third kappa shape index (κ3) is 7.37. The summed E-state index contributed by atoms with van der Waals surface area (Å²) in [6.07, 6.45) is 2.23. The largest absolute Gasteiger partial charge is 0.389 e. The highest BCUT2D eigenvalue weighted by Gasteiger charge is 2.04. The number of aromatic nitrogens is 1. The average molecular weight is 252 g/mol. The van der Waals surface area contributed by atoms with E-state index in [1.807, 2.05) is 18.2 Å². The van der Waals surface area contributed by atoms with Crippen LogP contribution in [0.25, 0.3) is 0 Å². The van der Waals surface area contributed by atoms with Gasteiger partial charge in [0, 0.05) is 38.0 Å². The van der Waals surface area contributed by atoms with E-state index in [-0.39, 0.29) is 0 Å². The molecule has 0 spiro atoms. The lowest BCUT2D eigenvalue weighted by atomic mass is 10.2. The Kier molecular flexibility index (Phi) is 7.57. The Balaban J connectivity index is 2.00. The van der Waals surface area contributed by atoms with Crippen LogP contribution in [0.1, 0.15) is 19.5 Å². The molecule has 0 bridgehead atoms. The van der Waals surface area contributed by atoms with Gasteiger partial charge in [-0.25, -0.2) is 0 Å². The van der Waals surface area contributed by atoms with Crippen LogP contribution in [0.4, 0.5) is 0 Å². The molecular formula is C14H24N2O2. The second-order valence-corrected chi connectivity index (χ2v) is 4.86. The van der Waals surface area contributed by atoms with Gasteiger partial charge in [-0.3, -0.25) is 4.98 Å². The minimum absolute atomic E-state index is 0.398. The van der Waals surface area contributed by atoms with Crippen LogP contribution < -0.4 is 5.32 Å². The zero-order chi connectivity index (χ0) is 13.2. The number of nitrogens with zero attached hydrogens (tertiary/aromatic N) is 1.